The lowest BCUT2D eigenvalue weighted by molar-refractivity contribution is -0.121. The number of carbonyl (C=O) groups excluding carboxylic acids is 2. The monoisotopic (exact) mass is 270 g/mol. The number of hydrogen-bond donors (Lipinski definition) is 3. The smallest absolute Gasteiger partial charge is 0.270 e. The van der Waals surface area contributed by atoms with Crippen molar-refractivity contribution < 1.29 is 9.59 Å². The molecule has 0 radical (unpaired) electrons. The molecule has 0 bridgehead atoms. The van der Waals surface area contributed by atoms with E-state index in [0.717, 1.165) is 0 Å². The van der Waals surface area contributed by atoms with Crippen molar-refractivity contribution in [3.05, 3.63) is 11.1 Å². The Bertz CT molecular complexity index is 417. The van der Waals surface area contributed by atoms with Crippen molar-refractivity contribution in [1.29, 1.82) is 0 Å². The highest BCUT2D eigenvalue weighted by Crippen LogP contribution is 2.10. The maximum atomic E-state index is 11.6. The van der Waals surface area contributed by atoms with Gasteiger partial charge in [-0.05, 0) is 5.92 Å². The second-order valence-electron chi connectivity index (χ2n) is 4.27. The first-order valence-corrected chi connectivity index (χ1v) is 6.63. The van der Waals surface area contributed by atoms with Gasteiger partial charge in [0.15, 0.2) is 5.13 Å². The number of nitrogens with one attached hydrogen (secondary N) is 2. The van der Waals surface area contributed by atoms with E-state index in [1.54, 1.807) is 5.38 Å². The summed E-state index contributed by atoms with van der Waals surface area (Å²) in [6.07, 6.45) is 0.262. The topological polar surface area (TPSA) is 97.1 Å². The van der Waals surface area contributed by atoms with Gasteiger partial charge in [-0.2, -0.15) is 0 Å². The van der Waals surface area contributed by atoms with Crippen LogP contribution in [0.4, 0.5) is 5.13 Å². The molecular weight excluding hydrogens is 252 g/mol. The Morgan fingerprint density at radius 1 is 1.44 bits per heavy atom. The van der Waals surface area contributed by atoms with Gasteiger partial charge in [0.2, 0.25) is 5.91 Å². The van der Waals surface area contributed by atoms with Gasteiger partial charge in [-0.3, -0.25) is 9.59 Å². The van der Waals surface area contributed by atoms with Crippen molar-refractivity contribution in [2.24, 2.45) is 5.92 Å². The van der Waals surface area contributed by atoms with Gasteiger partial charge in [0.25, 0.3) is 5.91 Å². The second kappa shape index (κ2) is 6.95. The minimum atomic E-state index is -0.306. The molecule has 1 aromatic rings. The maximum Gasteiger partial charge on any atom is 0.270 e. The van der Waals surface area contributed by atoms with Crippen molar-refractivity contribution >= 4 is 28.3 Å². The highest BCUT2D eigenvalue weighted by molar-refractivity contribution is 7.13. The normalized spacial score (nSPS) is 10.4. The van der Waals surface area contributed by atoms with Gasteiger partial charge in [0.1, 0.15) is 5.69 Å². The SMILES string of the molecule is CC(C)CNC(=O)CCNC(=O)c1csc(N)n1. The zero-order valence-electron chi connectivity index (χ0n) is 10.5. The summed E-state index contributed by atoms with van der Waals surface area (Å²) in [6, 6.07) is 0. The van der Waals surface area contributed by atoms with Gasteiger partial charge >= 0.3 is 0 Å². The predicted octanol–water partition coefficient (Wildman–Crippen LogP) is 0.617. The molecule has 0 atom stereocenters. The summed E-state index contributed by atoms with van der Waals surface area (Å²) in [6.45, 7) is 4.99. The standard InChI is InChI=1S/C11H18N4O2S/c1-7(2)5-14-9(16)3-4-13-10(17)8-6-18-11(12)15-8/h6-7H,3-5H2,1-2H3,(H2,12,15)(H,13,17)(H,14,16). The first-order chi connectivity index (χ1) is 8.49. The molecule has 7 heteroatoms. The van der Waals surface area contributed by atoms with Crippen LogP contribution in [0.25, 0.3) is 0 Å². The average Bonchev–Trinajstić information content (AvgIpc) is 2.73. The summed E-state index contributed by atoms with van der Waals surface area (Å²) < 4.78 is 0. The first kappa shape index (κ1) is 14.4. The average molecular weight is 270 g/mol. The zero-order chi connectivity index (χ0) is 13.5. The molecular formula is C11H18N4O2S. The number of aromatic nitrogens is 1. The van der Waals surface area contributed by atoms with Crippen LogP contribution in [0.2, 0.25) is 0 Å². The molecule has 0 aliphatic carbocycles. The molecule has 18 heavy (non-hydrogen) atoms. The molecule has 1 rings (SSSR count). The van der Waals surface area contributed by atoms with E-state index in [4.69, 9.17) is 5.73 Å². The Labute approximate surface area is 110 Å². The van der Waals surface area contributed by atoms with E-state index in [-0.39, 0.29) is 18.2 Å². The quantitative estimate of drug-likeness (QED) is 0.705. The number of nitrogens with two attached hydrogens (primary N) is 1. The molecule has 4 N–H and O–H groups in total. The number of anilines is 1. The van der Waals surface area contributed by atoms with Crippen LogP contribution in [-0.2, 0) is 4.79 Å². The third-order valence-corrected chi connectivity index (χ3v) is 2.77. The molecule has 0 aromatic carbocycles. The summed E-state index contributed by atoms with van der Waals surface area (Å²) >= 11 is 1.21. The number of rotatable bonds is 6. The molecule has 6 nitrogen and oxygen atoms in total. The van der Waals surface area contributed by atoms with Crippen molar-refractivity contribution in [2.45, 2.75) is 20.3 Å². The van der Waals surface area contributed by atoms with Crippen LogP contribution in [0.15, 0.2) is 5.38 Å². The van der Waals surface area contributed by atoms with Crippen molar-refractivity contribution in [1.82, 2.24) is 15.6 Å². The fourth-order valence-electron chi connectivity index (χ4n) is 1.18. The lowest BCUT2D eigenvalue weighted by atomic mass is 10.2. The van der Waals surface area contributed by atoms with Crippen LogP contribution in [-0.4, -0.2) is 29.9 Å². The number of carbonyl (C=O) groups is 2. The molecule has 2 amide bonds. The van der Waals surface area contributed by atoms with Crippen LogP contribution in [0.1, 0.15) is 30.8 Å². The van der Waals surface area contributed by atoms with Crippen LogP contribution in [0.3, 0.4) is 0 Å². The third kappa shape index (κ3) is 5.13. The number of thiazole rings is 1. The summed E-state index contributed by atoms with van der Waals surface area (Å²) in [5, 5.41) is 7.34. The number of amides is 2. The molecule has 1 heterocycles. The van der Waals surface area contributed by atoms with Crippen molar-refractivity contribution in [2.75, 3.05) is 18.8 Å². The minimum Gasteiger partial charge on any atom is -0.375 e. The second-order valence-corrected chi connectivity index (χ2v) is 5.16. The van der Waals surface area contributed by atoms with Gasteiger partial charge in [-0.1, -0.05) is 13.8 Å². The van der Waals surface area contributed by atoms with Gasteiger partial charge < -0.3 is 16.4 Å². The van der Waals surface area contributed by atoms with E-state index in [1.807, 2.05) is 13.8 Å². The van der Waals surface area contributed by atoms with Crippen LogP contribution in [0, 0.1) is 5.92 Å². The Morgan fingerprint density at radius 3 is 2.72 bits per heavy atom. The Morgan fingerprint density at radius 2 is 2.17 bits per heavy atom. The number of nitrogens with zero attached hydrogens (tertiary/aromatic N) is 1. The fourth-order valence-corrected chi connectivity index (χ4v) is 1.72. The molecule has 0 spiro atoms. The van der Waals surface area contributed by atoms with Gasteiger partial charge in [-0.15, -0.1) is 11.3 Å². The summed E-state index contributed by atoms with van der Waals surface area (Å²) in [5.41, 5.74) is 5.72. The lowest BCUT2D eigenvalue weighted by Gasteiger charge is -2.07. The third-order valence-electron chi connectivity index (χ3n) is 2.10. The molecule has 0 aliphatic heterocycles. The van der Waals surface area contributed by atoms with Crippen LogP contribution < -0.4 is 16.4 Å². The predicted molar refractivity (Wildman–Crippen MR) is 71.3 cm³/mol. The molecule has 0 saturated carbocycles. The largest absolute Gasteiger partial charge is 0.375 e. The zero-order valence-corrected chi connectivity index (χ0v) is 11.3. The molecule has 0 unspecified atom stereocenters. The highest BCUT2D eigenvalue weighted by Gasteiger charge is 2.09. The summed E-state index contributed by atoms with van der Waals surface area (Å²) in [7, 11) is 0. The van der Waals surface area contributed by atoms with E-state index in [2.05, 4.69) is 15.6 Å². The first-order valence-electron chi connectivity index (χ1n) is 5.75. The van der Waals surface area contributed by atoms with E-state index in [9.17, 15) is 9.59 Å². The highest BCUT2D eigenvalue weighted by atomic mass is 32.1. The number of hydrogen-bond acceptors (Lipinski definition) is 5. The van der Waals surface area contributed by atoms with E-state index >= 15 is 0 Å². The Hall–Kier alpha value is -1.63. The molecule has 100 valence electrons. The maximum absolute atomic E-state index is 11.6. The number of nitrogen functional groups attached to an aromatic ring is 1. The lowest BCUT2D eigenvalue weighted by Crippen LogP contribution is -2.32. The minimum absolute atomic E-state index is 0.0678. The van der Waals surface area contributed by atoms with Crippen LogP contribution >= 0.6 is 11.3 Å². The van der Waals surface area contributed by atoms with Gasteiger partial charge in [0, 0.05) is 24.9 Å². The fraction of sp³-hybridized carbons (Fsp3) is 0.545. The van der Waals surface area contributed by atoms with Crippen LogP contribution in [0.5, 0.6) is 0 Å². The van der Waals surface area contributed by atoms with E-state index in [0.29, 0.717) is 29.8 Å². The molecule has 0 aliphatic rings. The molecule has 0 fully saturated rings. The summed E-state index contributed by atoms with van der Waals surface area (Å²) in [5.74, 6) is 0.0444. The summed E-state index contributed by atoms with van der Waals surface area (Å²) in [4.78, 5) is 26.8. The van der Waals surface area contributed by atoms with Gasteiger partial charge in [0.05, 0.1) is 0 Å². The van der Waals surface area contributed by atoms with Gasteiger partial charge in [-0.25, -0.2) is 4.98 Å². The molecule has 0 saturated heterocycles. The van der Waals surface area contributed by atoms with E-state index < -0.39 is 0 Å². The Kier molecular flexibility index (Phi) is 5.57. The van der Waals surface area contributed by atoms with Crippen molar-refractivity contribution in [3.63, 3.8) is 0 Å². The molecule has 1 aromatic heterocycles. The van der Waals surface area contributed by atoms with E-state index in [1.165, 1.54) is 11.3 Å². The van der Waals surface area contributed by atoms with Crippen molar-refractivity contribution in [3.8, 4) is 0 Å². The Balaban J connectivity index is 2.21.